The van der Waals surface area contributed by atoms with Crippen molar-refractivity contribution < 1.29 is 23.6 Å². The fraction of sp³-hybridized carbons (Fsp3) is 0.250. The summed E-state index contributed by atoms with van der Waals surface area (Å²) in [6.07, 6.45) is -3.84. The van der Waals surface area contributed by atoms with Crippen LogP contribution in [0.3, 0.4) is 0 Å². The largest absolute Gasteiger partial charge is 0.481 e. The molecule has 92 valence electrons. The van der Waals surface area contributed by atoms with E-state index >= 15 is 0 Å². The average Bonchev–Trinajstić information content (AvgIpc) is 2.19. The molecule has 0 aliphatic rings. The number of halogens is 3. The monoisotopic (exact) mass is 266 g/mol. The Kier molecular flexibility index (Phi) is 3.89. The molecule has 9 heteroatoms. The van der Waals surface area contributed by atoms with Gasteiger partial charge < -0.3 is 15.2 Å². The molecule has 0 aromatic carbocycles. The molecule has 0 atom stereocenters. The van der Waals surface area contributed by atoms with E-state index < -0.39 is 45.8 Å². The molecule has 0 bridgehead atoms. The van der Waals surface area contributed by atoms with Gasteiger partial charge in [0, 0.05) is 17.2 Å². The van der Waals surface area contributed by atoms with E-state index in [0.29, 0.717) is 6.07 Å². The van der Waals surface area contributed by atoms with Gasteiger partial charge in [0.25, 0.3) is 6.43 Å². The van der Waals surface area contributed by atoms with Crippen molar-refractivity contribution >= 4 is 23.4 Å². The van der Waals surface area contributed by atoms with E-state index in [2.05, 4.69) is 4.98 Å². The standard InChI is InChI=1S/C8H5ClF2N2O4/c9-7-3(2-6(14)15)4(8(10)11)1-5(12-7)13(16)17/h1,8H,2H2,(H,14,15). The lowest BCUT2D eigenvalue weighted by molar-refractivity contribution is -0.389. The third kappa shape index (κ3) is 3.06. The zero-order valence-electron chi connectivity index (χ0n) is 8.06. The normalized spacial score (nSPS) is 10.6. The average molecular weight is 267 g/mol. The summed E-state index contributed by atoms with van der Waals surface area (Å²) in [4.78, 5) is 23.1. The molecule has 17 heavy (non-hydrogen) atoms. The second-order valence-electron chi connectivity index (χ2n) is 2.97. The molecule has 0 saturated carbocycles. The molecule has 1 aromatic heterocycles. The number of hydrogen-bond donors (Lipinski definition) is 1. The molecule has 0 amide bonds. The Morgan fingerprint density at radius 1 is 1.65 bits per heavy atom. The zero-order valence-corrected chi connectivity index (χ0v) is 8.82. The van der Waals surface area contributed by atoms with Gasteiger partial charge in [-0.15, -0.1) is 0 Å². The predicted octanol–water partition coefficient (Wildman–Crippen LogP) is 2.21. The first-order valence-corrected chi connectivity index (χ1v) is 4.54. The first kappa shape index (κ1) is 13.2. The van der Waals surface area contributed by atoms with Gasteiger partial charge in [0.1, 0.15) is 0 Å². The Morgan fingerprint density at radius 3 is 2.65 bits per heavy atom. The van der Waals surface area contributed by atoms with Crippen LogP contribution >= 0.6 is 11.6 Å². The summed E-state index contributed by atoms with van der Waals surface area (Å²) in [6.45, 7) is 0. The summed E-state index contributed by atoms with van der Waals surface area (Å²) in [5, 5.41) is 18.3. The molecule has 0 spiro atoms. The number of hydrogen-bond acceptors (Lipinski definition) is 4. The van der Waals surface area contributed by atoms with Crippen molar-refractivity contribution in [3.05, 3.63) is 32.5 Å². The van der Waals surface area contributed by atoms with Crippen molar-refractivity contribution in [1.29, 1.82) is 0 Å². The number of pyridine rings is 1. The van der Waals surface area contributed by atoms with Crippen LogP contribution in [0.5, 0.6) is 0 Å². The van der Waals surface area contributed by atoms with E-state index in [1.54, 1.807) is 0 Å². The number of alkyl halides is 2. The molecule has 1 heterocycles. The third-order valence-corrected chi connectivity index (χ3v) is 2.16. The minimum Gasteiger partial charge on any atom is -0.481 e. The van der Waals surface area contributed by atoms with Crippen molar-refractivity contribution in [2.75, 3.05) is 0 Å². The number of carboxylic acids is 1. The van der Waals surface area contributed by atoms with Gasteiger partial charge in [-0.1, -0.05) is 0 Å². The highest BCUT2D eigenvalue weighted by Gasteiger charge is 2.25. The van der Waals surface area contributed by atoms with Crippen LogP contribution in [0.4, 0.5) is 14.6 Å². The summed E-state index contributed by atoms with van der Waals surface area (Å²) in [5.41, 5.74) is -1.21. The first-order valence-electron chi connectivity index (χ1n) is 4.16. The Bertz CT molecular complexity index is 481. The van der Waals surface area contributed by atoms with Gasteiger partial charge in [-0.25, -0.2) is 8.78 Å². The van der Waals surface area contributed by atoms with Crippen molar-refractivity contribution in [2.24, 2.45) is 0 Å². The molecule has 1 N–H and O–H groups in total. The summed E-state index contributed by atoms with van der Waals surface area (Å²) in [5.74, 6) is -2.23. The van der Waals surface area contributed by atoms with Crippen molar-refractivity contribution in [3.63, 3.8) is 0 Å². The molecule has 0 radical (unpaired) electrons. The molecular formula is C8H5ClF2N2O4. The minimum absolute atomic E-state index is 0.417. The Balaban J connectivity index is 3.38. The Morgan fingerprint density at radius 2 is 2.24 bits per heavy atom. The zero-order chi connectivity index (χ0) is 13.2. The first-order chi connectivity index (χ1) is 7.82. The second-order valence-corrected chi connectivity index (χ2v) is 3.33. The molecule has 6 nitrogen and oxygen atoms in total. The number of carboxylic acid groups (broad SMARTS) is 1. The number of nitrogens with zero attached hydrogens (tertiary/aromatic N) is 2. The third-order valence-electron chi connectivity index (χ3n) is 1.84. The highest BCUT2D eigenvalue weighted by Crippen LogP contribution is 2.30. The van der Waals surface area contributed by atoms with E-state index in [9.17, 15) is 23.7 Å². The lowest BCUT2D eigenvalue weighted by Gasteiger charge is -2.06. The summed E-state index contributed by atoms with van der Waals surface area (Å²) in [7, 11) is 0. The maximum atomic E-state index is 12.6. The van der Waals surface area contributed by atoms with E-state index in [1.807, 2.05) is 0 Å². The highest BCUT2D eigenvalue weighted by atomic mass is 35.5. The van der Waals surface area contributed by atoms with E-state index in [1.165, 1.54) is 0 Å². The predicted molar refractivity (Wildman–Crippen MR) is 52.2 cm³/mol. The maximum absolute atomic E-state index is 12.6. The summed E-state index contributed by atoms with van der Waals surface area (Å²) < 4.78 is 25.2. The van der Waals surface area contributed by atoms with Crippen LogP contribution in [-0.4, -0.2) is 21.0 Å². The van der Waals surface area contributed by atoms with Gasteiger partial charge in [0.2, 0.25) is 5.15 Å². The number of carbonyl (C=O) groups is 1. The summed E-state index contributed by atoms with van der Waals surface area (Å²) >= 11 is 5.45. The quantitative estimate of drug-likeness (QED) is 0.512. The van der Waals surface area contributed by atoms with Crippen molar-refractivity contribution in [1.82, 2.24) is 4.98 Å². The van der Waals surface area contributed by atoms with Crippen LogP contribution in [0.1, 0.15) is 17.6 Å². The lowest BCUT2D eigenvalue weighted by atomic mass is 10.1. The molecule has 0 aliphatic heterocycles. The molecular weight excluding hydrogens is 262 g/mol. The van der Waals surface area contributed by atoms with Gasteiger partial charge in [-0.05, 0) is 21.5 Å². The van der Waals surface area contributed by atoms with Crippen LogP contribution in [0.25, 0.3) is 0 Å². The lowest BCUT2D eigenvalue weighted by Crippen LogP contribution is -2.07. The van der Waals surface area contributed by atoms with E-state index in [4.69, 9.17) is 16.7 Å². The Labute approximate surface area is 98.0 Å². The van der Waals surface area contributed by atoms with E-state index in [-0.39, 0.29) is 0 Å². The number of aliphatic carboxylic acids is 1. The van der Waals surface area contributed by atoms with Crippen LogP contribution < -0.4 is 0 Å². The topological polar surface area (TPSA) is 93.3 Å². The molecule has 1 rings (SSSR count). The molecule has 0 saturated heterocycles. The maximum Gasteiger partial charge on any atom is 0.365 e. The van der Waals surface area contributed by atoms with Gasteiger partial charge in [-0.2, -0.15) is 0 Å². The van der Waals surface area contributed by atoms with Gasteiger partial charge in [-0.3, -0.25) is 4.79 Å². The van der Waals surface area contributed by atoms with Crippen LogP contribution in [0.15, 0.2) is 6.07 Å². The smallest absolute Gasteiger partial charge is 0.365 e. The van der Waals surface area contributed by atoms with Crippen LogP contribution in [0, 0.1) is 10.1 Å². The second kappa shape index (κ2) is 5.00. The van der Waals surface area contributed by atoms with Crippen molar-refractivity contribution in [3.8, 4) is 0 Å². The van der Waals surface area contributed by atoms with Gasteiger partial charge in [0.15, 0.2) is 0 Å². The minimum atomic E-state index is -3.07. The number of aromatic nitrogens is 1. The van der Waals surface area contributed by atoms with Gasteiger partial charge >= 0.3 is 11.8 Å². The summed E-state index contributed by atoms with van der Waals surface area (Å²) in [6, 6.07) is 0.523. The van der Waals surface area contributed by atoms with Crippen LogP contribution in [-0.2, 0) is 11.2 Å². The molecule has 1 aromatic rings. The molecule has 0 aliphatic carbocycles. The van der Waals surface area contributed by atoms with E-state index in [0.717, 1.165) is 0 Å². The molecule has 0 fully saturated rings. The fourth-order valence-electron chi connectivity index (χ4n) is 1.16. The number of rotatable bonds is 4. The molecule has 0 unspecified atom stereocenters. The fourth-order valence-corrected chi connectivity index (χ4v) is 1.42. The van der Waals surface area contributed by atoms with Crippen LogP contribution in [0.2, 0.25) is 5.15 Å². The SMILES string of the molecule is O=C(O)Cc1c(C(F)F)cc([N+](=O)[O-])nc1Cl. The van der Waals surface area contributed by atoms with Gasteiger partial charge in [0.05, 0.1) is 6.42 Å². The van der Waals surface area contributed by atoms with Crippen molar-refractivity contribution in [2.45, 2.75) is 12.8 Å². The Hall–Kier alpha value is -1.83. The highest BCUT2D eigenvalue weighted by molar-refractivity contribution is 6.30. The number of nitro groups is 1.